The first-order valence-corrected chi connectivity index (χ1v) is 7.10. The Morgan fingerprint density at radius 2 is 2.27 bits per heavy atom. The first-order valence-electron chi connectivity index (χ1n) is 5.71. The second kappa shape index (κ2) is 7.12. The van der Waals surface area contributed by atoms with Crippen LogP contribution in [0.5, 0.6) is 0 Å². The second-order valence-corrected chi connectivity index (χ2v) is 5.30. The van der Waals surface area contributed by atoms with Crippen LogP contribution in [-0.2, 0) is 4.79 Å². The Labute approximate surface area is 96.8 Å². The van der Waals surface area contributed by atoms with Gasteiger partial charge < -0.3 is 10.6 Å². The molecule has 4 heteroatoms. The quantitative estimate of drug-likeness (QED) is 0.659. The number of amides is 1. The topological polar surface area (TPSA) is 41.1 Å². The van der Waals surface area contributed by atoms with Crippen molar-refractivity contribution in [2.75, 3.05) is 25.1 Å². The molecule has 88 valence electrons. The summed E-state index contributed by atoms with van der Waals surface area (Å²) in [5.74, 6) is 2.05. The van der Waals surface area contributed by atoms with Crippen molar-refractivity contribution in [2.24, 2.45) is 5.92 Å². The minimum absolute atomic E-state index is 0.137. The molecule has 0 aromatic carbocycles. The zero-order valence-corrected chi connectivity index (χ0v) is 10.5. The van der Waals surface area contributed by atoms with Crippen LogP contribution in [0.2, 0.25) is 0 Å². The highest BCUT2D eigenvalue weighted by Gasteiger charge is 2.21. The van der Waals surface area contributed by atoms with Crippen LogP contribution in [0.25, 0.3) is 0 Å². The number of thioether (sulfide) groups is 1. The van der Waals surface area contributed by atoms with E-state index in [2.05, 4.69) is 23.8 Å². The van der Waals surface area contributed by atoms with E-state index in [1.165, 1.54) is 12.8 Å². The summed E-state index contributed by atoms with van der Waals surface area (Å²) in [5.41, 5.74) is 0. The van der Waals surface area contributed by atoms with Gasteiger partial charge in [0.25, 0.3) is 0 Å². The van der Waals surface area contributed by atoms with Gasteiger partial charge in [0.15, 0.2) is 0 Å². The SMILES string of the molecule is CSCCC(C)NCC(=O)NCC1CC1. The minimum atomic E-state index is 0.137. The van der Waals surface area contributed by atoms with Crippen LogP contribution >= 0.6 is 11.8 Å². The summed E-state index contributed by atoms with van der Waals surface area (Å²) in [6.07, 6.45) is 5.81. The molecule has 1 fully saturated rings. The Bertz CT molecular complexity index is 195. The van der Waals surface area contributed by atoms with Crippen LogP contribution in [0.3, 0.4) is 0 Å². The maximum atomic E-state index is 11.4. The van der Waals surface area contributed by atoms with Crippen LogP contribution in [0, 0.1) is 5.92 Å². The summed E-state index contributed by atoms with van der Waals surface area (Å²) >= 11 is 1.85. The van der Waals surface area contributed by atoms with Gasteiger partial charge in [-0.05, 0) is 44.1 Å². The van der Waals surface area contributed by atoms with Crippen molar-refractivity contribution in [3.05, 3.63) is 0 Å². The van der Waals surface area contributed by atoms with Crippen molar-refractivity contribution in [2.45, 2.75) is 32.2 Å². The van der Waals surface area contributed by atoms with E-state index in [4.69, 9.17) is 0 Å². The third-order valence-electron chi connectivity index (χ3n) is 2.65. The molecule has 2 N–H and O–H groups in total. The van der Waals surface area contributed by atoms with Crippen LogP contribution < -0.4 is 10.6 Å². The molecule has 1 aliphatic carbocycles. The van der Waals surface area contributed by atoms with E-state index in [1.807, 2.05) is 11.8 Å². The molecule has 0 bridgehead atoms. The molecule has 1 rings (SSSR count). The highest BCUT2D eigenvalue weighted by Crippen LogP contribution is 2.27. The molecule has 0 saturated heterocycles. The van der Waals surface area contributed by atoms with Gasteiger partial charge in [-0.15, -0.1) is 0 Å². The third-order valence-corrected chi connectivity index (χ3v) is 3.29. The van der Waals surface area contributed by atoms with Gasteiger partial charge in [-0.2, -0.15) is 11.8 Å². The average molecular weight is 230 g/mol. The third kappa shape index (κ3) is 6.79. The molecule has 0 aromatic rings. The number of hydrogen-bond donors (Lipinski definition) is 2. The van der Waals surface area contributed by atoms with E-state index < -0.39 is 0 Å². The molecule has 0 aromatic heterocycles. The molecule has 1 saturated carbocycles. The lowest BCUT2D eigenvalue weighted by Gasteiger charge is -2.12. The fourth-order valence-electron chi connectivity index (χ4n) is 1.31. The van der Waals surface area contributed by atoms with Crippen molar-refractivity contribution in [3.63, 3.8) is 0 Å². The van der Waals surface area contributed by atoms with E-state index >= 15 is 0 Å². The molecule has 0 radical (unpaired) electrons. The number of hydrogen-bond acceptors (Lipinski definition) is 3. The smallest absolute Gasteiger partial charge is 0.233 e. The van der Waals surface area contributed by atoms with Crippen LogP contribution in [0.4, 0.5) is 0 Å². The Morgan fingerprint density at radius 3 is 2.87 bits per heavy atom. The Kier molecular flexibility index (Phi) is 6.10. The number of rotatable bonds is 8. The number of nitrogens with one attached hydrogen (secondary N) is 2. The Morgan fingerprint density at radius 1 is 1.53 bits per heavy atom. The van der Waals surface area contributed by atoms with E-state index in [0.29, 0.717) is 12.6 Å². The van der Waals surface area contributed by atoms with Crippen LogP contribution in [0.1, 0.15) is 26.2 Å². The summed E-state index contributed by atoms with van der Waals surface area (Å²) in [4.78, 5) is 11.4. The van der Waals surface area contributed by atoms with Gasteiger partial charge in [-0.3, -0.25) is 4.79 Å². The van der Waals surface area contributed by atoms with Gasteiger partial charge >= 0.3 is 0 Å². The average Bonchev–Trinajstić information content (AvgIpc) is 3.04. The monoisotopic (exact) mass is 230 g/mol. The molecule has 0 aliphatic heterocycles. The molecule has 1 atom stereocenters. The van der Waals surface area contributed by atoms with Gasteiger partial charge in [0.2, 0.25) is 5.91 Å². The first-order chi connectivity index (χ1) is 7.22. The highest BCUT2D eigenvalue weighted by atomic mass is 32.2. The lowest BCUT2D eigenvalue weighted by atomic mass is 10.2. The predicted molar refractivity (Wildman–Crippen MR) is 66.2 cm³/mol. The summed E-state index contributed by atoms with van der Waals surface area (Å²) in [6.45, 7) is 3.46. The fraction of sp³-hybridized carbons (Fsp3) is 0.909. The normalized spacial score (nSPS) is 17.5. The second-order valence-electron chi connectivity index (χ2n) is 4.31. The van der Waals surface area contributed by atoms with Gasteiger partial charge in [0.1, 0.15) is 0 Å². The lowest BCUT2D eigenvalue weighted by Crippen LogP contribution is -2.38. The molecule has 3 nitrogen and oxygen atoms in total. The molecule has 1 aliphatic rings. The molecule has 0 heterocycles. The number of carbonyl (C=O) groups excluding carboxylic acids is 1. The summed E-state index contributed by atoms with van der Waals surface area (Å²) in [5, 5.41) is 6.19. The number of carbonyl (C=O) groups is 1. The van der Waals surface area contributed by atoms with E-state index in [0.717, 1.165) is 24.6 Å². The largest absolute Gasteiger partial charge is 0.355 e. The zero-order valence-electron chi connectivity index (χ0n) is 9.71. The highest BCUT2D eigenvalue weighted by molar-refractivity contribution is 7.98. The van der Waals surface area contributed by atoms with Crippen molar-refractivity contribution in [1.29, 1.82) is 0 Å². The van der Waals surface area contributed by atoms with Crippen molar-refractivity contribution in [3.8, 4) is 0 Å². The minimum Gasteiger partial charge on any atom is -0.355 e. The van der Waals surface area contributed by atoms with Gasteiger partial charge in [0, 0.05) is 12.6 Å². The van der Waals surface area contributed by atoms with E-state index in [1.54, 1.807) is 0 Å². The van der Waals surface area contributed by atoms with Crippen LogP contribution in [-0.4, -0.2) is 37.0 Å². The fourth-order valence-corrected chi connectivity index (χ4v) is 1.90. The zero-order chi connectivity index (χ0) is 11.1. The molecule has 15 heavy (non-hydrogen) atoms. The maximum absolute atomic E-state index is 11.4. The molecule has 0 spiro atoms. The van der Waals surface area contributed by atoms with Crippen molar-refractivity contribution >= 4 is 17.7 Å². The van der Waals surface area contributed by atoms with Crippen molar-refractivity contribution < 1.29 is 4.79 Å². The molecular formula is C11H22N2OS. The van der Waals surface area contributed by atoms with Crippen molar-refractivity contribution in [1.82, 2.24) is 10.6 Å². The maximum Gasteiger partial charge on any atom is 0.233 e. The lowest BCUT2D eigenvalue weighted by molar-refractivity contribution is -0.120. The van der Waals surface area contributed by atoms with Gasteiger partial charge in [0.05, 0.1) is 6.54 Å². The van der Waals surface area contributed by atoms with Gasteiger partial charge in [-0.1, -0.05) is 0 Å². The summed E-state index contributed by atoms with van der Waals surface area (Å²) < 4.78 is 0. The molecule has 1 amide bonds. The van der Waals surface area contributed by atoms with E-state index in [-0.39, 0.29) is 5.91 Å². The summed E-state index contributed by atoms with van der Waals surface area (Å²) in [6, 6.07) is 0.434. The molecule has 1 unspecified atom stereocenters. The van der Waals surface area contributed by atoms with Gasteiger partial charge in [-0.25, -0.2) is 0 Å². The Hall–Kier alpha value is -0.220. The Balaban J connectivity index is 1.94. The van der Waals surface area contributed by atoms with Crippen LogP contribution in [0.15, 0.2) is 0 Å². The molecular weight excluding hydrogens is 208 g/mol. The first kappa shape index (κ1) is 12.8. The summed E-state index contributed by atoms with van der Waals surface area (Å²) in [7, 11) is 0. The predicted octanol–water partition coefficient (Wildman–Crippen LogP) is 1.24. The standard InChI is InChI=1S/C11H22N2OS/c1-9(5-6-15-2)12-8-11(14)13-7-10-3-4-10/h9-10,12H,3-8H2,1-2H3,(H,13,14). The van der Waals surface area contributed by atoms with E-state index in [9.17, 15) is 4.79 Å².